The van der Waals surface area contributed by atoms with Crippen LogP contribution in [0.1, 0.15) is 30.3 Å². The number of nitrogens with zero attached hydrogens (tertiary/aromatic N) is 1. The van der Waals surface area contributed by atoms with Gasteiger partial charge in [0, 0.05) is 30.9 Å². The molecular weight excluding hydrogens is 396 g/mol. The molecule has 2 heterocycles. The summed E-state index contributed by atoms with van der Waals surface area (Å²) in [7, 11) is 0. The molecule has 7 heteroatoms. The van der Waals surface area contributed by atoms with Gasteiger partial charge < -0.3 is 16.0 Å². The molecule has 1 aliphatic rings. The van der Waals surface area contributed by atoms with E-state index >= 15 is 0 Å². The molecule has 0 aliphatic carbocycles. The molecule has 0 unspecified atom stereocenters. The Morgan fingerprint density at radius 2 is 1.87 bits per heavy atom. The molecule has 1 aliphatic heterocycles. The van der Waals surface area contributed by atoms with E-state index in [0.717, 1.165) is 48.6 Å². The molecule has 4 rings (SSSR count). The van der Waals surface area contributed by atoms with Crippen molar-refractivity contribution in [2.45, 2.75) is 32.2 Å². The number of primary amides is 1. The molecule has 30 heavy (non-hydrogen) atoms. The van der Waals surface area contributed by atoms with Crippen molar-refractivity contribution in [1.82, 2.24) is 4.98 Å². The second kappa shape index (κ2) is 8.93. The Balaban J connectivity index is 1.32. The van der Waals surface area contributed by atoms with Crippen LogP contribution >= 0.6 is 11.3 Å². The quantitative estimate of drug-likeness (QED) is 0.566. The maximum absolute atomic E-state index is 12.7. The van der Waals surface area contributed by atoms with E-state index < -0.39 is 0 Å². The van der Waals surface area contributed by atoms with Crippen LogP contribution in [0.4, 0.5) is 5.69 Å². The zero-order valence-electron chi connectivity index (χ0n) is 17.1. The number of nitrogens with two attached hydrogens (primary N) is 1. The minimum atomic E-state index is -0.225. The van der Waals surface area contributed by atoms with E-state index in [0.29, 0.717) is 0 Å². The first-order valence-electron chi connectivity index (χ1n) is 10.4. The second-order valence-corrected chi connectivity index (χ2v) is 9.11. The van der Waals surface area contributed by atoms with Gasteiger partial charge in [-0.2, -0.15) is 0 Å². The Morgan fingerprint density at radius 3 is 2.53 bits per heavy atom. The SMILES string of the molecule is C[C@@H](C(=O)Nc1ccc(Cc2nc3ccccc3s2)cc1)[NH+]1CCC(C(N)=O)CC1. The van der Waals surface area contributed by atoms with Crippen LogP contribution in [-0.2, 0) is 16.0 Å². The van der Waals surface area contributed by atoms with E-state index in [2.05, 4.69) is 16.4 Å². The Kier molecular flexibility index (Phi) is 6.11. The van der Waals surface area contributed by atoms with Crippen molar-refractivity contribution in [3.8, 4) is 0 Å². The van der Waals surface area contributed by atoms with Crippen LogP contribution in [0.25, 0.3) is 10.2 Å². The number of fused-ring (bicyclic) bond motifs is 1. The number of quaternary nitrogens is 1. The number of hydrogen-bond acceptors (Lipinski definition) is 4. The molecule has 6 nitrogen and oxygen atoms in total. The minimum absolute atomic E-state index is 0.00134. The summed E-state index contributed by atoms with van der Waals surface area (Å²) in [6.07, 6.45) is 2.29. The van der Waals surface area contributed by atoms with E-state index in [4.69, 9.17) is 5.73 Å². The molecule has 1 fully saturated rings. The number of hydrogen-bond donors (Lipinski definition) is 3. The van der Waals surface area contributed by atoms with Crippen molar-refractivity contribution in [2.24, 2.45) is 11.7 Å². The largest absolute Gasteiger partial charge is 0.369 e. The summed E-state index contributed by atoms with van der Waals surface area (Å²) >= 11 is 1.72. The van der Waals surface area contributed by atoms with E-state index in [-0.39, 0.29) is 23.8 Å². The van der Waals surface area contributed by atoms with Gasteiger partial charge in [0.1, 0.15) is 0 Å². The Morgan fingerprint density at radius 1 is 1.17 bits per heavy atom. The summed E-state index contributed by atoms with van der Waals surface area (Å²) in [4.78, 5) is 29.9. The van der Waals surface area contributed by atoms with Gasteiger partial charge >= 0.3 is 0 Å². The molecule has 0 bridgehead atoms. The number of benzene rings is 2. The minimum Gasteiger partial charge on any atom is -0.369 e. The van der Waals surface area contributed by atoms with Gasteiger partial charge in [-0.1, -0.05) is 24.3 Å². The van der Waals surface area contributed by atoms with E-state index in [1.165, 1.54) is 15.2 Å². The smallest absolute Gasteiger partial charge is 0.282 e. The normalized spacial score (nSPS) is 20.0. The summed E-state index contributed by atoms with van der Waals surface area (Å²) < 4.78 is 1.20. The lowest BCUT2D eigenvalue weighted by atomic mass is 9.95. The fourth-order valence-corrected chi connectivity index (χ4v) is 5.02. The first-order valence-corrected chi connectivity index (χ1v) is 11.2. The highest BCUT2D eigenvalue weighted by Crippen LogP contribution is 2.24. The number of carbonyl (C=O) groups excluding carboxylic acids is 2. The molecule has 1 aromatic heterocycles. The van der Waals surface area contributed by atoms with Crippen LogP contribution in [0.2, 0.25) is 0 Å². The molecule has 0 radical (unpaired) electrons. The van der Waals surface area contributed by atoms with Gasteiger partial charge in [-0.25, -0.2) is 4.98 Å². The van der Waals surface area contributed by atoms with Crippen LogP contribution in [0.15, 0.2) is 48.5 Å². The third-order valence-electron chi connectivity index (χ3n) is 5.95. The van der Waals surface area contributed by atoms with Crippen molar-refractivity contribution < 1.29 is 14.5 Å². The van der Waals surface area contributed by atoms with Crippen LogP contribution in [0.3, 0.4) is 0 Å². The summed E-state index contributed by atoms with van der Waals surface area (Å²) in [6.45, 7) is 3.53. The molecule has 3 aromatic rings. The number of anilines is 1. The van der Waals surface area contributed by atoms with Gasteiger partial charge in [0.2, 0.25) is 5.91 Å². The number of aromatic nitrogens is 1. The van der Waals surface area contributed by atoms with E-state index in [9.17, 15) is 9.59 Å². The lowest BCUT2D eigenvalue weighted by Crippen LogP contribution is -3.17. The zero-order chi connectivity index (χ0) is 21.1. The average Bonchev–Trinajstić information content (AvgIpc) is 3.17. The van der Waals surface area contributed by atoms with Crippen LogP contribution in [0, 0.1) is 5.92 Å². The first-order chi connectivity index (χ1) is 14.5. The van der Waals surface area contributed by atoms with E-state index in [1.807, 2.05) is 49.4 Å². The summed E-state index contributed by atoms with van der Waals surface area (Å²) in [5.41, 5.74) is 8.40. The fraction of sp³-hybridized carbons (Fsp3) is 0.348. The Bertz CT molecular complexity index is 1010. The van der Waals surface area contributed by atoms with Gasteiger partial charge in [0.15, 0.2) is 6.04 Å². The average molecular weight is 424 g/mol. The molecule has 0 saturated carbocycles. The topological polar surface area (TPSA) is 89.5 Å². The predicted molar refractivity (Wildman–Crippen MR) is 120 cm³/mol. The van der Waals surface area contributed by atoms with Gasteiger partial charge in [-0.3, -0.25) is 9.59 Å². The summed E-state index contributed by atoms with van der Waals surface area (Å²) in [5, 5.41) is 4.11. The highest BCUT2D eigenvalue weighted by atomic mass is 32.1. The highest BCUT2D eigenvalue weighted by molar-refractivity contribution is 7.18. The fourth-order valence-electron chi connectivity index (χ4n) is 4.02. The van der Waals surface area contributed by atoms with E-state index in [1.54, 1.807) is 11.3 Å². The zero-order valence-corrected chi connectivity index (χ0v) is 17.9. The summed E-state index contributed by atoms with van der Waals surface area (Å²) in [6, 6.07) is 16.0. The van der Waals surface area contributed by atoms with Gasteiger partial charge in [0.25, 0.3) is 5.91 Å². The molecule has 1 saturated heterocycles. The second-order valence-electron chi connectivity index (χ2n) is 7.99. The van der Waals surface area contributed by atoms with Gasteiger partial charge in [0.05, 0.1) is 28.3 Å². The van der Waals surface area contributed by atoms with Gasteiger partial charge in [-0.15, -0.1) is 11.3 Å². The first kappa shape index (κ1) is 20.5. The number of amides is 2. The number of carbonyl (C=O) groups is 2. The highest BCUT2D eigenvalue weighted by Gasteiger charge is 2.32. The number of nitrogens with one attached hydrogen (secondary N) is 2. The standard InChI is InChI=1S/C23H26N4O2S/c1-15(27-12-10-17(11-13-27)22(24)28)23(29)25-18-8-6-16(7-9-18)14-21-26-19-4-2-3-5-20(19)30-21/h2-9,15,17H,10-14H2,1H3,(H2,24,28)(H,25,29)/p+1/t15-/m0/s1. The third kappa shape index (κ3) is 4.68. The molecule has 156 valence electrons. The monoisotopic (exact) mass is 423 g/mol. The van der Waals surface area contributed by atoms with Crippen molar-refractivity contribution in [2.75, 3.05) is 18.4 Å². The molecule has 1 atom stereocenters. The Labute approximate surface area is 180 Å². The molecule has 0 spiro atoms. The molecule has 2 amide bonds. The molecular formula is C23H27N4O2S+. The van der Waals surface area contributed by atoms with Crippen molar-refractivity contribution >= 4 is 39.1 Å². The number of rotatable bonds is 6. The number of para-hydroxylation sites is 1. The number of thiazole rings is 1. The van der Waals surface area contributed by atoms with Crippen LogP contribution in [-0.4, -0.2) is 35.9 Å². The van der Waals surface area contributed by atoms with Crippen LogP contribution < -0.4 is 16.0 Å². The predicted octanol–water partition coefficient (Wildman–Crippen LogP) is 1.99. The van der Waals surface area contributed by atoms with Crippen molar-refractivity contribution in [3.05, 3.63) is 59.1 Å². The van der Waals surface area contributed by atoms with Gasteiger partial charge in [-0.05, 0) is 36.8 Å². The van der Waals surface area contributed by atoms with Crippen molar-refractivity contribution in [3.63, 3.8) is 0 Å². The van der Waals surface area contributed by atoms with Crippen molar-refractivity contribution in [1.29, 1.82) is 0 Å². The number of likely N-dealkylation sites (tertiary alicyclic amines) is 1. The third-order valence-corrected chi connectivity index (χ3v) is 6.99. The Hall–Kier alpha value is -2.77. The lowest BCUT2D eigenvalue weighted by Gasteiger charge is -2.31. The summed E-state index contributed by atoms with van der Waals surface area (Å²) in [5.74, 6) is -0.273. The molecule has 4 N–H and O–H groups in total. The maximum Gasteiger partial charge on any atom is 0.282 e. The maximum atomic E-state index is 12.7. The number of piperidine rings is 1. The molecule has 2 aromatic carbocycles. The van der Waals surface area contributed by atoms with Crippen LogP contribution in [0.5, 0.6) is 0 Å². The lowest BCUT2D eigenvalue weighted by molar-refractivity contribution is -0.919.